The Balaban J connectivity index is 2.60. The molecule has 0 aromatic carbocycles. The first-order chi connectivity index (χ1) is 7.65. The summed E-state index contributed by atoms with van der Waals surface area (Å²) in [5.74, 6) is 2.71. The van der Waals surface area contributed by atoms with Gasteiger partial charge in [-0.3, -0.25) is 5.32 Å². The lowest BCUT2D eigenvalue weighted by atomic mass is 9.84. The highest BCUT2D eigenvalue weighted by atomic mass is 16.5. The van der Waals surface area contributed by atoms with Crippen LogP contribution in [-0.4, -0.2) is 30.8 Å². The van der Waals surface area contributed by atoms with Crippen LogP contribution in [0.3, 0.4) is 0 Å². The highest BCUT2D eigenvalue weighted by Crippen LogP contribution is 2.26. The number of nitrogens with one attached hydrogen (secondary N) is 1. The molecule has 0 aliphatic carbocycles. The van der Waals surface area contributed by atoms with E-state index in [4.69, 9.17) is 16.9 Å². The van der Waals surface area contributed by atoms with Crippen LogP contribution in [0, 0.1) is 12.3 Å². The van der Waals surface area contributed by atoms with Crippen LogP contribution in [0.5, 0.6) is 0 Å². The smallest absolute Gasteiger partial charge is 0.0663 e. The molecule has 0 radical (unpaired) electrons. The van der Waals surface area contributed by atoms with Crippen LogP contribution in [-0.2, 0) is 4.74 Å². The van der Waals surface area contributed by atoms with Crippen molar-refractivity contribution in [2.75, 3.05) is 13.2 Å². The molecule has 3 heteroatoms. The number of hydrogen-bond acceptors (Lipinski definition) is 3. The molecular weight excluding hydrogens is 200 g/mol. The van der Waals surface area contributed by atoms with E-state index in [1.165, 1.54) is 0 Å². The van der Waals surface area contributed by atoms with E-state index in [2.05, 4.69) is 18.2 Å². The molecule has 0 aromatic rings. The molecule has 16 heavy (non-hydrogen) atoms. The van der Waals surface area contributed by atoms with Gasteiger partial charge in [0.25, 0.3) is 0 Å². The SMILES string of the molecule is C#CC(C)NC1(CN)CCOC(CCC)C1. The first-order valence-corrected chi connectivity index (χ1v) is 6.21. The number of hydrogen-bond donors (Lipinski definition) is 2. The standard InChI is InChI=1S/C13H24N2O/c1-4-6-12-9-13(10-14,7-8-16-12)15-11(3)5-2/h2,11-12,15H,4,6-10,14H2,1,3H3. The number of rotatable bonds is 5. The van der Waals surface area contributed by atoms with E-state index in [-0.39, 0.29) is 11.6 Å². The van der Waals surface area contributed by atoms with Crippen molar-refractivity contribution < 1.29 is 4.74 Å². The van der Waals surface area contributed by atoms with Gasteiger partial charge >= 0.3 is 0 Å². The molecule has 3 unspecified atom stereocenters. The molecule has 0 amide bonds. The van der Waals surface area contributed by atoms with Crippen molar-refractivity contribution in [3.05, 3.63) is 0 Å². The van der Waals surface area contributed by atoms with Gasteiger partial charge in [0.05, 0.1) is 12.1 Å². The molecule has 1 rings (SSSR count). The Morgan fingerprint density at radius 2 is 2.44 bits per heavy atom. The predicted molar refractivity (Wildman–Crippen MR) is 67.1 cm³/mol. The average Bonchev–Trinajstić information content (AvgIpc) is 2.30. The fraction of sp³-hybridized carbons (Fsp3) is 0.846. The summed E-state index contributed by atoms with van der Waals surface area (Å²) < 4.78 is 5.74. The minimum Gasteiger partial charge on any atom is -0.378 e. The monoisotopic (exact) mass is 224 g/mol. The molecule has 0 aromatic heterocycles. The normalized spacial score (nSPS) is 32.0. The van der Waals surface area contributed by atoms with Gasteiger partial charge in [-0.2, -0.15) is 0 Å². The summed E-state index contributed by atoms with van der Waals surface area (Å²) in [4.78, 5) is 0. The Kier molecular flexibility index (Phi) is 5.27. The van der Waals surface area contributed by atoms with Crippen LogP contribution < -0.4 is 11.1 Å². The van der Waals surface area contributed by atoms with Crippen molar-refractivity contribution in [3.63, 3.8) is 0 Å². The van der Waals surface area contributed by atoms with Gasteiger partial charge in [0.15, 0.2) is 0 Å². The van der Waals surface area contributed by atoms with Crippen molar-refractivity contribution in [1.29, 1.82) is 0 Å². The summed E-state index contributed by atoms with van der Waals surface area (Å²) in [6, 6.07) is 0.0731. The highest BCUT2D eigenvalue weighted by molar-refractivity contribution is 5.03. The van der Waals surface area contributed by atoms with E-state index in [1.54, 1.807) is 0 Å². The lowest BCUT2D eigenvalue weighted by Gasteiger charge is -2.42. The van der Waals surface area contributed by atoms with E-state index in [1.807, 2.05) is 6.92 Å². The van der Waals surface area contributed by atoms with Crippen LogP contribution in [0.2, 0.25) is 0 Å². The summed E-state index contributed by atoms with van der Waals surface area (Å²) >= 11 is 0. The summed E-state index contributed by atoms with van der Waals surface area (Å²) in [6.07, 6.45) is 9.93. The second kappa shape index (κ2) is 6.24. The molecule has 1 heterocycles. The Labute approximate surface area is 99.1 Å². The topological polar surface area (TPSA) is 47.3 Å². The molecule has 1 aliphatic rings. The van der Waals surface area contributed by atoms with Crippen LogP contribution in [0.15, 0.2) is 0 Å². The maximum absolute atomic E-state index is 5.91. The average molecular weight is 224 g/mol. The Hall–Kier alpha value is -0.560. The molecule has 3 N–H and O–H groups in total. The molecule has 3 atom stereocenters. The molecule has 0 saturated carbocycles. The predicted octanol–water partition coefficient (Wildman–Crippen LogP) is 1.27. The minimum atomic E-state index is -0.0239. The Morgan fingerprint density at radius 1 is 1.69 bits per heavy atom. The minimum absolute atomic E-state index is 0.0239. The third-order valence-electron chi connectivity index (χ3n) is 3.33. The van der Waals surface area contributed by atoms with Gasteiger partial charge in [0.1, 0.15) is 0 Å². The summed E-state index contributed by atoms with van der Waals surface area (Å²) in [5.41, 5.74) is 5.89. The highest BCUT2D eigenvalue weighted by Gasteiger charge is 2.36. The number of nitrogens with two attached hydrogens (primary N) is 1. The molecular formula is C13H24N2O. The second-order valence-electron chi connectivity index (χ2n) is 4.75. The van der Waals surface area contributed by atoms with Gasteiger partial charge in [-0.15, -0.1) is 6.42 Å². The third-order valence-corrected chi connectivity index (χ3v) is 3.33. The number of ether oxygens (including phenoxy) is 1. The lowest BCUT2D eigenvalue weighted by molar-refractivity contribution is -0.0316. The van der Waals surface area contributed by atoms with Crippen molar-refractivity contribution >= 4 is 0 Å². The molecule has 3 nitrogen and oxygen atoms in total. The maximum Gasteiger partial charge on any atom is 0.0663 e. The van der Waals surface area contributed by atoms with Gasteiger partial charge in [-0.25, -0.2) is 0 Å². The molecule has 0 spiro atoms. The van der Waals surface area contributed by atoms with Crippen molar-refractivity contribution in [2.24, 2.45) is 5.73 Å². The van der Waals surface area contributed by atoms with Crippen LogP contribution in [0.1, 0.15) is 39.5 Å². The largest absolute Gasteiger partial charge is 0.378 e. The van der Waals surface area contributed by atoms with Crippen LogP contribution in [0.4, 0.5) is 0 Å². The van der Waals surface area contributed by atoms with E-state index in [9.17, 15) is 0 Å². The maximum atomic E-state index is 5.91. The summed E-state index contributed by atoms with van der Waals surface area (Å²) in [6.45, 7) is 5.59. The molecule has 1 saturated heterocycles. The zero-order valence-electron chi connectivity index (χ0n) is 10.5. The zero-order valence-corrected chi connectivity index (χ0v) is 10.5. The van der Waals surface area contributed by atoms with E-state index >= 15 is 0 Å². The van der Waals surface area contributed by atoms with Crippen LogP contribution in [0.25, 0.3) is 0 Å². The van der Waals surface area contributed by atoms with Gasteiger partial charge in [0.2, 0.25) is 0 Å². The number of terminal acetylenes is 1. The van der Waals surface area contributed by atoms with E-state index in [0.29, 0.717) is 12.6 Å². The lowest BCUT2D eigenvalue weighted by Crippen LogP contribution is -2.58. The molecule has 1 aliphatic heterocycles. The first kappa shape index (κ1) is 13.5. The van der Waals surface area contributed by atoms with Gasteiger partial charge in [-0.05, 0) is 26.2 Å². The van der Waals surface area contributed by atoms with Crippen molar-refractivity contribution in [3.8, 4) is 12.3 Å². The third kappa shape index (κ3) is 3.48. The fourth-order valence-corrected chi connectivity index (χ4v) is 2.40. The fourth-order valence-electron chi connectivity index (χ4n) is 2.40. The summed E-state index contributed by atoms with van der Waals surface area (Å²) in [7, 11) is 0. The molecule has 0 bridgehead atoms. The Morgan fingerprint density at radius 3 is 3.00 bits per heavy atom. The van der Waals surface area contributed by atoms with Crippen molar-refractivity contribution in [1.82, 2.24) is 5.32 Å². The first-order valence-electron chi connectivity index (χ1n) is 6.21. The van der Waals surface area contributed by atoms with Crippen molar-refractivity contribution in [2.45, 2.75) is 57.2 Å². The van der Waals surface area contributed by atoms with Gasteiger partial charge in [-0.1, -0.05) is 19.3 Å². The van der Waals surface area contributed by atoms with E-state index in [0.717, 1.165) is 32.3 Å². The van der Waals surface area contributed by atoms with E-state index < -0.39 is 0 Å². The summed E-state index contributed by atoms with van der Waals surface area (Å²) in [5, 5.41) is 3.48. The molecule has 92 valence electrons. The zero-order chi connectivity index (χ0) is 12.0. The second-order valence-corrected chi connectivity index (χ2v) is 4.75. The van der Waals surface area contributed by atoms with Gasteiger partial charge < -0.3 is 10.5 Å². The quantitative estimate of drug-likeness (QED) is 0.691. The van der Waals surface area contributed by atoms with Crippen LogP contribution >= 0.6 is 0 Å². The molecule has 1 fully saturated rings. The Bertz CT molecular complexity index is 247. The van der Waals surface area contributed by atoms with Gasteiger partial charge in [0, 0.05) is 18.7 Å².